The van der Waals surface area contributed by atoms with Gasteiger partial charge in [-0.1, -0.05) is 23.6 Å². The molecule has 0 unspecified atom stereocenters. The quantitative estimate of drug-likeness (QED) is 0.265. The molecule has 0 spiro atoms. The molecule has 0 saturated carbocycles. The molecule has 0 radical (unpaired) electrons. The summed E-state index contributed by atoms with van der Waals surface area (Å²) in [6, 6.07) is 7.69. The Labute approximate surface area is 188 Å². The number of nitrogens with one attached hydrogen (secondary N) is 1. The lowest BCUT2D eigenvalue weighted by molar-refractivity contribution is 0.330. The Morgan fingerprint density at radius 3 is 2.68 bits per heavy atom. The number of aliphatic imine (C=N–C) groups is 1. The van der Waals surface area contributed by atoms with Gasteiger partial charge in [0.25, 0.3) is 0 Å². The van der Waals surface area contributed by atoms with Gasteiger partial charge < -0.3 is 24.3 Å². The maximum atomic E-state index is 6.06. The van der Waals surface area contributed by atoms with Gasteiger partial charge in [0.15, 0.2) is 17.5 Å². The Morgan fingerprint density at radius 1 is 1.36 bits per heavy atom. The smallest absolute Gasteiger partial charge is 0.194 e. The zero-order valence-electron chi connectivity index (χ0n) is 16.5. The average molecular weight is 517 g/mol. The van der Waals surface area contributed by atoms with E-state index in [0.29, 0.717) is 24.6 Å². The summed E-state index contributed by atoms with van der Waals surface area (Å²) in [5.41, 5.74) is 2.12. The first-order valence-electron chi connectivity index (χ1n) is 8.44. The molecule has 1 aromatic carbocycles. The number of nitrogens with zero attached hydrogens (tertiary/aromatic N) is 3. The largest absolute Gasteiger partial charge is 0.493 e. The molecule has 0 atom stereocenters. The summed E-state index contributed by atoms with van der Waals surface area (Å²) in [7, 11) is 7.31. The van der Waals surface area contributed by atoms with Crippen LogP contribution in [-0.4, -0.2) is 43.2 Å². The highest BCUT2D eigenvalue weighted by molar-refractivity contribution is 14.0. The van der Waals surface area contributed by atoms with Crippen LogP contribution in [0.4, 0.5) is 0 Å². The molecule has 0 aliphatic carbocycles. The Morgan fingerprint density at radius 2 is 2.11 bits per heavy atom. The van der Waals surface area contributed by atoms with Gasteiger partial charge in [-0.05, 0) is 23.8 Å². The van der Waals surface area contributed by atoms with Gasteiger partial charge in [0, 0.05) is 39.6 Å². The van der Waals surface area contributed by atoms with E-state index in [2.05, 4.69) is 16.2 Å². The first-order chi connectivity index (χ1) is 13.0. The molecule has 0 saturated heterocycles. The number of methoxy groups -OCH3 is 1. The van der Waals surface area contributed by atoms with Gasteiger partial charge in [-0.15, -0.1) is 30.4 Å². The predicted molar refractivity (Wildman–Crippen MR) is 125 cm³/mol. The Hall–Kier alpha value is -2.05. The second kappa shape index (κ2) is 11.7. The first kappa shape index (κ1) is 24.0. The van der Waals surface area contributed by atoms with Crippen molar-refractivity contribution in [3.05, 3.63) is 46.7 Å². The van der Waals surface area contributed by atoms with Crippen molar-refractivity contribution in [2.75, 3.05) is 27.8 Å². The SMILES string of the molecule is C#CCOc1cc(CNC(=NC)N(C)Cc2cc(Cl)cn2C)ccc1OC.I. The van der Waals surface area contributed by atoms with Crippen LogP contribution < -0.4 is 14.8 Å². The number of ether oxygens (including phenoxy) is 2. The summed E-state index contributed by atoms with van der Waals surface area (Å²) < 4.78 is 12.9. The van der Waals surface area contributed by atoms with E-state index in [-0.39, 0.29) is 30.6 Å². The molecule has 0 aliphatic rings. The van der Waals surface area contributed by atoms with Crippen molar-refractivity contribution in [3.63, 3.8) is 0 Å². The van der Waals surface area contributed by atoms with Crippen molar-refractivity contribution in [2.24, 2.45) is 12.0 Å². The predicted octanol–water partition coefficient (Wildman–Crippen LogP) is 3.52. The first-order valence-corrected chi connectivity index (χ1v) is 8.82. The molecule has 0 fully saturated rings. The molecule has 2 rings (SSSR count). The second-order valence-electron chi connectivity index (χ2n) is 6.00. The van der Waals surface area contributed by atoms with Gasteiger partial charge in [0.1, 0.15) is 6.61 Å². The number of rotatable bonds is 7. The molecule has 8 heteroatoms. The van der Waals surface area contributed by atoms with Crippen molar-refractivity contribution in [3.8, 4) is 23.8 Å². The van der Waals surface area contributed by atoms with Crippen LogP contribution in [0.15, 0.2) is 35.5 Å². The topological polar surface area (TPSA) is 51.0 Å². The zero-order chi connectivity index (χ0) is 19.8. The summed E-state index contributed by atoms with van der Waals surface area (Å²) >= 11 is 6.06. The van der Waals surface area contributed by atoms with Crippen LogP contribution in [0.3, 0.4) is 0 Å². The number of hydrogen-bond acceptors (Lipinski definition) is 3. The van der Waals surface area contributed by atoms with Gasteiger partial charge >= 0.3 is 0 Å². The Kier molecular flexibility index (Phi) is 10.0. The highest BCUT2D eigenvalue weighted by Crippen LogP contribution is 2.28. The van der Waals surface area contributed by atoms with Crippen LogP contribution >= 0.6 is 35.6 Å². The number of guanidine groups is 1. The summed E-state index contributed by atoms with van der Waals surface area (Å²) in [4.78, 5) is 6.38. The highest BCUT2D eigenvalue weighted by Gasteiger charge is 2.11. The van der Waals surface area contributed by atoms with E-state index in [9.17, 15) is 0 Å². The normalized spacial score (nSPS) is 10.6. The van der Waals surface area contributed by atoms with E-state index in [1.807, 2.05) is 54.0 Å². The summed E-state index contributed by atoms with van der Waals surface area (Å²) in [5, 5.41) is 4.07. The van der Waals surface area contributed by atoms with E-state index in [1.54, 1.807) is 14.2 Å². The van der Waals surface area contributed by atoms with Crippen LogP contribution in [0.25, 0.3) is 0 Å². The third kappa shape index (κ3) is 6.53. The van der Waals surface area contributed by atoms with Crippen molar-refractivity contribution >= 4 is 41.5 Å². The summed E-state index contributed by atoms with van der Waals surface area (Å²) in [6.07, 6.45) is 7.16. The molecule has 152 valence electrons. The lowest BCUT2D eigenvalue weighted by Crippen LogP contribution is -2.38. The molecule has 28 heavy (non-hydrogen) atoms. The summed E-state index contributed by atoms with van der Waals surface area (Å²) in [5.74, 6) is 4.50. The van der Waals surface area contributed by atoms with Crippen molar-refractivity contribution in [1.29, 1.82) is 0 Å². The number of terminal acetylenes is 1. The molecule has 2 aromatic rings. The molecule has 6 nitrogen and oxygen atoms in total. The van der Waals surface area contributed by atoms with E-state index in [1.165, 1.54) is 0 Å². The minimum Gasteiger partial charge on any atom is -0.493 e. The number of hydrogen-bond donors (Lipinski definition) is 1. The Bertz CT molecular complexity index is 845. The molecule has 1 aromatic heterocycles. The number of benzene rings is 1. The van der Waals surface area contributed by atoms with E-state index < -0.39 is 0 Å². The molecular formula is C20H26ClIN4O2. The van der Waals surface area contributed by atoms with Gasteiger partial charge in [-0.2, -0.15) is 0 Å². The second-order valence-corrected chi connectivity index (χ2v) is 6.43. The lowest BCUT2D eigenvalue weighted by atomic mass is 10.2. The maximum Gasteiger partial charge on any atom is 0.194 e. The number of aromatic nitrogens is 1. The van der Waals surface area contributed by atoms with E-state index in [0.717, 1.165) is 22.2 Å². The molecule has 1 heterocycles. The van der Waals surface area contributed by atoms with E-state index in [4.69, 9.17) is 27.5 Å². The number of halogens is 2. The number of aryl methyl sites for hydroxylation is 1. The lowest BCUT2D eigenvalue weighted by Gasteiger charge is -2.22. The highest BCUT2D eigenvalue weighted by atomic mass is 127. The van der Waals surface area contributed by atoms with Crippen LogP contribution in [0.1, 0.15) is 11.3 Å². The van der Waals surface area contributed by atoms with Crippen LogP contribution in [0.2, 0.25) is 5.02 Å². The van der Waals surface area contributed by atoms with Crippen LogP contribution in [0, 0.1) is 12.3 Å². The fourth-order valence-corrected chi connectivity index (χ4v) is 2.94. The monoisotopic (exact) mass is 516 g/mol. The fraction of sp³-hybridized carbons (Fsp3) is 0.350. The molecule has 0 aliphatic heterocycles. The third-order valence-electron chi connectivity index (χ3n) is 4.04. The molecule has 0 bridgehead atoms. The third-order valence-corrected chi connectivity index (χ3v) is 4.24. The van der Waals surface area contributed by atoms with Crippen molar-refractivity contribution < 1.29 is 9.47 Å². The van der Waals surface area contributed by atoms with E-state index >= 15 is 0 Å². The zero-order valence-corrected chi connectivity index (χ0v) is 19.6. The van der Waals surface area contributed by atoms with Crippen LogP contribution in [-0.2, 0) is 20.1 Å². The maximum absolute atomic E-state index is 6.06. The van der Waals surface area contributed by atoms with Gasteiger partial charge in [-0.25, -0.2) is 0 Å². The molecular weight excluding hydrogens is 491 g/mol. The minimum absolute atomic E-state index is 0. The van der Waals surface area contributed by atoms with Crippen molar-refractivity contribution in [1.82, 2.24) is 14.8 Å². The van der Waals surface area contributed by atoms with Gasteiger partial charge in [-0.3, -0.25) is 4.99 Å². The Balaban J connectivity index is 0.00000392. The van der Waals surface area contributed by atoms with Crippen LogP contribution in [0.5, 0.6) is 11.5 Å². The average Bonchev–Trinajstić information content (AvgIpc) is 2.97. The van der Waals surface area contributed by atoms with Gasteiger partial charge in [0.05, 0.1) is 18.7 Å². The summed E-state index contributed by atoms with van der Waals surface area (Å²) in [6.45, 7) is 1.46. The molecule has 0 amide bonds. The molecule has 1 N–H and O–H groups in total. The fourth-order valence-electron chi connectivity index (χ4n) is 2.67. The van der Waals surface area contributed by atoms with Gasteiger partial charge in [0.2, 0.25) is 0 Å². The standard InChI is InChI=1S/C20H25ClN4O2.HI/c1-6-9-27-19-10-15(7-8-18(19)26-5)12-23-20(22-2)25(4)14-17-11-16(21)13-24(17)3;/h1,7-8,10-11,13H,9,12,14H2,2-5H3,(H,22,23);1H. The minimum atomic E-state index is 0. The van der Waals surface area contributed by atoms with Crippen molar-refractivity contribution in [2.45, 2.75) is 13.1 Å².